The first-order valence-corrected chi connectivity index (χ1v) is 3.92. The van der Waals surface area contributed by atoms with Crippen LogP contribution in [0.4, 0.5) is 4.79 Å². The molecule has 1 N–H and O–H groups in total. The zero-order valence-electron chi connectivity index (χ0n) is 8.57. The molecule has 0 rings (SSSR count). The van der Waals surface area contributed by atoms with Crippen molar-refractivity contribution in [2.45, 2.75) is 20.0 Å². The molecule has 0 aromatic carbocycles. The van der Waals surface area contributed by atoms with Crippen LogP contribution in [0.15, 0.2) is 0 Å². The van der Waals surface area contributed by atoms with Gasteiger partial charge < -0.3 is 19.3 Å². The third-order valence-electron chi connectivity index (χ3n) is 0.828. The molecule has 0 aliphatic carbocycles. The minimum absolute atomic E-state index is 0.225. The molecule has 0 spiro atoms. The molecule has 5 nitrogen and oxygen atoms in total. The molecule has 0 amide bonds. The monoisotopic (exact) mass is 194 g/mol. The molecule has 0 aromatic heterocycles. The third-order valence-corrected chi connectivity index (χ3v) is 0.828. The van der Waals surface area contributed by atoms with Gasteiger partial charge in [-0.1, -0.05) is 0 Å². The van der Waals surface area contributed by atoms with Gasteiger partial charge in [0.15, 0.2) is 0 Å². The molecular formula is C8H18O5. The molecule has 0 unspecified atom stereocenters. The van der Waals surface area contributed by atoms with Crippen LogP contribution in [0.3, 0.4) is 0 Å². The second kappa shape index (κ2) is 11.2. The molecule has 0 aliphatic heterocycles. The van der Waals surface area contributed by atoms with Crippen molar-refractivity contribution in [2.75, 3.05) is 27.4 Å². The summed E-state index contributed by atoms with van der Waals surface area (Å²) in [6, 6.07) is 0. The number of hydrogen-bond donors (Lipinski definition) is 1. The molecule has 0 fully saturated rings. The Balaban J connectivity index is 0. The molecule has 0 atom stereocenters. The van der Waals surface area contributed by atoms with E-state index in [2.05, 4.69) is 14.2 Å². The van der Waals surface area contributed by atoms with Crippen LogP contribution in [-0.2, 0) is 14.2 Å². The topological polar surface area (TPSA) is 65.0 Å². The fourth-order valence-corrected chi connectivity index (χ4v) is 0.368. The predicted molar refractivity (Wildman–Crippen MR) is 48.0 cm³/mol. The van der Waals surface area contributed by atoms with Crippen molar-refractivity contribution in [2.24, 2.45) is 0 Å². The molecule has 0 radical (unpaired) electrons. The summed E-state index contributed by atoms with van der Waals surface area (Å²) in [6.45, 7) is 4.70. The molecule has 80 valence electrons. The second-order valence-electron chi connectivity index (χ2n) is 2.42. The molecule has 0 heterocycles. The average Bonchev–Trinajstić information content (AvgIpc) is 1.99. The Morgan fingerprint density at radius 1 is 1.23 bits per heavy atom. The van der Waals surface area contributed by atoms with Crippen LogP contribution in [0.25, 0.3) is 0 Å². The summed E-state index contributed by atoms with van der Waals surface area (Å²) in [5.74, 6) is 0. The minimum Gasteiger partial charge on any atom is -0.450 e. The maximum absolute atomic E-state index is 9.59. The SMILES string of the molecule is CC(C)OC(=O)O.COCCOC. The second-order valence-corrected chi connectivity index (χ2v) is 2.42. The molecule has 13 heavy (non-hydrogen) atoms. The molecular weight excluding hydrogens is 176 g/mol. The van der Waals surface area contributed by atoms with Crippen molar-refractivity contribution < 1.29 is 24.1 Å². The zero-order valence-corrected chi connectivity index (χ0v) is 8.57. The summed E-state index contributed by atoms with van der Waals surface area (Å²) in [6.07, 6.45) is -1.44. The minimum atomic E-state index is -1.21. The highest BCUT2D eigenvalue weighted by Gasteiger charge is 1.97. The molecule has 0 saturated heterocycles. The highest BCUT2D eigenvalue weighted by molar-refractivity contribution is 5.56. The van der Waals surface area contributed by atoms with Crippen molar-refractivity contribution in [1.29, 1.82) is 0 Å². The Hall–Kier alpha value is -0.810. The van der Waals surface area contributed by atoms with Gasteiger partial charge in [-0.05, 0) is 13.8 Å². The molecule has 0 aliphatic rings. The summed E-state index contributed by atoms with van der Waals surface area (Å²) < 4.78 is 13.5. The number of hydrogen-bond acceptors (Lipinski definition) is 4. The first-order chi connectivity index (χ1) is 6.04. The van der Waals surface area contributed by atoms with Gasteiger partial charge in [0.1, 0.15) is 0 Å². The summed E-state index contributed by atoms with van der Waals surface area (Å²) in [5, 5.41) is 7.86. The number of ether oxygens (including phenoxy) is 3. The summed E-state index contributed by atoms with van der Waals surface area (Å²) >= 11 is 0. The van der Waals surface area contributed by atoms with E-state index in [4.69, 9.17) is 5.11 Å². The van der Waals surface area contributed by atoms with E-state index in [1.165, 1.54) is 0 Å². The van der Waals surface area contributed by atoms with E-state index in [0.29, 0.717) is 13.2 Å². The predicted octanol–water partition coefficient (Wildman–Crippen LogP) is 1.37. The lowest BCUT2D eigenvalue weighted by molar-refractivity contribution is 0.0660. The van der Waals surface area contributed by atoms with Crippen LogP contribution in [0, 0.1) is 0 Å². The van der Waals surface area contributed by atoms with Gasteiger partial charge in [-0.3, -0.25) is 0 Å². The van der Waals surface area contributed by atoms with Gasteiger partial charge in [0.25, 0.3) is 0 Å². The smallest absolute Gasteiger partial charge is 0.450 e. The zero-order chi connectivity index (χ0) is 10.7. The first kappa shape index (κ1) is 14.7. The number of carbonyl (C=O) groups is 1. The van der Waals surface area contributed by atoms with Crippen LogP contribution in [0.5, 0.6) is 0 Å². The lowest BCUT2D eigenvalue weighted by Gasteiger charge is -1.99. The molecule has 0 saturated carbocycles. The van der Waals surface area contributed by atoms with Crippen LogP contribution in [0.2, 0.25) is 0 Å². The Bertz CT molecular complexity index is 109. The lowest BCUT2D eigenvalue weighted by Crippen LogP contribution is -2.07. The largest absolute Gasteiger partial charge is 0.506 e. The third kappa shape index (κ3) is 24.7. The Morgan fingerprint density at radius 2 is 1.62 bits per heavy atom. The highest BCUT2D eigenvalue weighted by Crippen LogP contribution is 1.85. The quantitative estimate of drug-likeness (QED) is 0.541. The number of methoxy groups -OCH3 is 2. The Labute approximate surface area is 78.6 Å². The lowest BCUT2D eigenvalue weighted by atomic mass is 10.5. The van der Waals surface area contributed by atoms with Gasteiger partial charge in [-0.2, -0.15) is 0 Å². The average molecular weight is 194 g/mol. The fourth-order valence-electron chi connectivity index (χ4n) is 0.368. The van der Waals surface area contributed by atoms with Crippen molar-refractivity contribution in [3.63, 3.8) is 0 Å². The summed E-state index contributed by atoms with van der Waals surface area (Å²) in [7, 11) is 3.30. The van der Waals surface area contributed by atoms with Gasteiger partial charge >= 0.3 is 6.16 Å². The van der Waals surface area contributed by atoms with E-state index in [1.54, 1.807) is 28.1 Å². The highest BCUT2D eigenvalue weighted by atomic mass is 16.7. The molecule has 0 bridgehead atoms. The van der Waals surface area contributed by atoms with E-state index in [-0.39, 0.29) is 6.10 Å². The Kier molecular flexibility index (Phi) is 12.7. The van der Waals surface area contributed by atoms with Crippen molar-refractivity contribution in [1.82, 2.24) is 0 Å². The van der Waals surface area contributed by atoms with Crippen molar-refractivity contribution in [3.05, 3.63) is 0 Å². The number of rotatable bonds is 4. The van der Waals surface area contributed by atoms with Crippen LogP contribution in [-0.4, -0.2) is 44.8 Å². The van der Waals surface area contributed by atoms with Gasteiger partial charge in [-0.25, -0.2) is 4.79 Å². The standard InChI is InChI=1S/C4H8O3.C4H10O2/c1-3(2)7-4(5)6;1-5-3-4-6-2/h3H,1-2H3,(H,5,6);3-4H2,1-2H3. The molecule has 5 heteroatoms. The van der Waals surface area contributed by atoms with E-state index < -0.39 is 6.16 Å². The van der Waals surface area contributed by atoms with Gasteiger partial charge in [-0.15, -0.1) is 0 Å². The molecule has 0 aromatic rings. The maximum atomic E-state index is 9.59. The van der Waals surface area contributed by atoms with Crippen LogP contribution >= 0.6 is 0 Å². The van der Waals surface area contributed by atoms with E-state index >= 15 is 0 Å². The normalized spacial score (nSPS) is 9.00. The first-order valence-electron chi connectivity index (χ1n) is 3.92. The van der Waals surface area contributed by atoms with Crippen molar-refractivity contribution >= 4 is 6.16 Å². The summed E-state index contributed by atoms with van der Waals surface area (Å²) in [5.41, 5.74) is 0. The van der Waals surface area contributed by atoms with Crippen LogP contribution < -0.4 is 0 Å². The van der Waals surface area contributed by atoms with E-state index in [9.17, 15) is 4.79 Å². The van der Waals surface area contributed by atoms with Crippen LogP contribution in [0.1, 0.15) is 13.8 Å². The van der Waals surface area contributed by atoms with Crippen molar-refractivity contribution in [3.8, 4) is 0 Å². The fraction of sp³-hybridized carbons (Fsp3) is 0.875. The van der Waals surface area contributed by atoms with E-state index in [1.807, 2.05) is 0 Å². The maximum Gasteiger partial charge on any atom is 0.506 e. The summed E-state index contributed by atoms with van der Waals surface area (Å²) in [4.78, 5) is 9.59. The van der Waals surface area contributed by atoms with Gasteiger partial charge in [0.05, 0.1) is 19.3 Å². The van der Waals surface area contributed by atoms with Gasteiger partial charge in [0, 0.05) is 14.2 Å². The Morgan fingerprint density at radius 3 is 1.69 bits per heavy atom. The van der Waals surface area contributed by atoms with E-state index in [0.717, 1.165) is 0 Å². The van der Waals surface area contributed by atoms with Gasteiger partial charge in [0.2, 0.25) is 0 Å². The number of carboxylic acid groups (broad SMARTS) is 1.